The average molecular weight is 428 g/mol. The van der Waals surface area contributed by atoms with Crippen LogP contribution < -0.4 is 10.9 Å². The molecule has 1 aromatic heterocycles. The molecule has 0 unspecified atom stereocenters. The minimum atomic E-state index is -0.589. The Morgan fingerprint density at radius 3 is 2.31 bits per heavy atom. The van der Waals surface area contributed by atoms with Crippen molar-refractivity contribution in [2.75, 3.05) is 5.32 Å². The fourth-order valence-corrected chi connectivity index (χ4v) is 3.71. The number of rotatable bonds is 3. The SMILES string of the molecule is O=C(Cn1ncc(Cl)c(Cl)c1=O)Nc1cc2ccc1CCc1ccc(cc1)CC2. The largest absolute Gasteiger partial charge is 0.324 e. The first-order valence-electron chi connectivity index (χ1n) is 9.40. The number of aromatic nitrogens is 2. The van der Waals surface area contributed by atoms with Gasteiger partial charge in [0, 0.05) is 5.69 Å². The van der Waals surface area contributed by atoms with Gasteiger partial charge in [-0.05, 0) is 54.0 Å². The monoisotopic (exact) mass is 427 g/mol. The van der Waals surface area contributed by atoms with Gasteiger partial charge in [0.25, 0.3) is 5.56 Å². The molecule has 148 valence electrons. The number of aryl methyl sites for hydroxylation is 4. The van der Waals surface area contributed by atoms with Gasteiger partial charge in [-0.15, -0.1) is 0 Å². The number of halogens is 2. The van der Waals surface area contributed by atoms with E-state index in [4.69, 9.17) is 23.2 Å². The van der Waals surface area contributed by atoms with Crippen molar-refractivity contribution < 1.29 is 4.79 Å². The maximum atomic E-state index is 12.6. The third kappa shape index (κ3) is 4.52. The number of carbonyl (C=O) groups is 1. The molecule has 3 aromatic rings. The van der Waals surface area contributed by atoms with Gasteiger partial charge < -0.3 is 5.32 Å². The van der Waals surface area contributed by atoms with Gasteiger partial charge in [0.2, 0.25) is 5.91 Å². The van der Waals surface area contributed by atoms with E-state index in [2.05, 4.69) is 46.8 Å². The lowest BCUT2D eigenvalue weighted by atomic mass is 9.95. The molecular weight excluding hydrogens is 409 g/mol. The van der Waals surface area contributed by atoms with E-state index in [1.165, 1.54) is 17.3 Å². The molecule has 29 heavy (non-hydrogen) atoms. The molecule has 0 saturated heterocycles. The summed E-state index contributed by atoms with van der Waals surface area (Å²) in [5, 5.41) is 6.76. The van der Waals surface area contributed by atoms with Crippen molar-refractivity contribution in [1.82, 2.24) is 9.78 Å². The number of anilines is 1. The van der Waals surface area contributed by atoms with Crippen molar-refractivity contribution in [2.45, 2.75) is 32.2 Å². The summed E-state index contributed by atoms with van der Waals surface area (Å²) in [7, 11) is 0. The summed E-state index contributed by atoms with van der Waals surface area (Å²) in [5.41, 5.74) is 4.96. The molecule has 1 N–H and O–H groups in total. The molecule has 7 heteroatoms. The Hall–Kier alpha value is -2.63. The van der Waals surface area contributed by atoms with Crippen LogP contribution in [0.3, 0.4) is 0 Å². The predicted octanol–water partition coefficient (Wildman–Crippen LogP) is 4.07. The second-order valence-corrected chi connectivity index (χ2v) is 7.91. The molecule has 0 spiro atoms. The second kappa shape index (κ2) is 8.39. The fourth-order valence-electron chi connectivity index (χ4n) is 3.44. The lowest BCUT2D eigenvalue weighted by Gasteiger charge is -2.15. The van der Waals surface area contributed by atoms with E-state index in [1.807, 2.05) is 6.07 Å². The quantitative estimate of drug-likeness (QED) is 0.684. The van der Waals surface area contributed by atoms with E-state index < -0.39 is 5.56 Å². The zero-order valence-electron chi connectivity index (χ0n) is 15.6. The molecule has 7 rings (SSSR count). The summed E-state index contributed by atoms with van der Waals surface area (Å²) in [6, 6.07) is 14.9. The van der Waals surface area contributed by atoms with E-state index >= 15 is 0 Å². The van der Waals surface area contributed by atoms with Crippen molar-refractivity contribution in [3.8, 4) is 0 Å². The van der Waals surface area contributed by atoms with Crippen molar-refractivity contribution in [3.63, 3.8) is 0 Å². The molecule has 0 aliphatic heterocycles. The zero-order chi connectivity index (χ0) is 20.4. The highest BCUT2D eigenvalue weighted by molar-refractivity contribution is 6.41. The molecule has 0 saturated carbocycles. The molecule has 4 aliphatic carbocycles. The molecule has 1 heterocycles. The highest BCUT2D eigenvalue weighted by Crippen LogP contribution is 2.23. The first kappa shape index (κ1) is 19.7. The first-order chi connectivity index (χ1) is 14.0. The molecular formula is C22H19Cl2N3O2. The Bertz CT molecular complexity index is 1120. The van der Waals surface area contributed by atoms with Crippen molar-refractivity contribution >= 4 is 34.8 Å². The molecule has 0 fully saturated rings. The normalized spacial score (nSPS) is 13.0. The molecule has 4 aliphatic rings. The number of hydrogen-bond donors (Lipinski definition) is 1. The Kier molecular flexibility index (Phi) is 5.69. The van der Waals surface area contributed by atoms with Gasteiger partial charge in [-0.25, -0.2) is 4.68 Å². The van der Waals surface area contributed by atoms with Crippen LogP contribution in [0.15, 0.2) is 53.5 Å². The smallest absolute Gasteiger partial charge is 0.287 e. The number of amides is 1. The molecule has 2 aromatic carbocycles. The molecule has 5 nitrogen and oxygen atoms in total. The van der Waals surface area contributed by atoms with E-state index in [1.54, 1.807) is 0 Å². The zero-order valence-corrected chi connectivity index (χ0v) is 17.1. The molecule has 0 atom stereocenters. The third-order valence-electron chi connectivity index (χ3n) is 5.09. The van der Waals surface area contributed by atoms with Crippen LogP contribution in [0.5, 0.6) is 0 Å². The van der Waals surface area contributed by atoms with Gasteiger partial charge in [0.15, 0.2) is 0 Å². The summed E-state index contributed by atoms with van der Waals surface area (Å²) in [6.07, 6.45) is 4.77. The Morgan fingerprint density at radius 1 is 0.966 bits per heavy atom. The minimum absolute atomic E-state index is 0.0671. The van der Waals surface area contributed by atoms with Crippen LogP contribution in [-0.2, 0) is 37.0 Å². The van der Waals surface area contributed by atoms with Crippen molar-refractivity contribution in [1.29, 1.82) is 0 Å². The van der Waals surface area contributed by atoms with Crippen LogP contribution >= 0.6 is 23.2 Å². The molecule has 0 radical (unpaired) electrons. The number of nitrogens with zero attached hydrogens (tertiary/aromatic N) is 2. The Balaban J connectivity index is 1.56. The van der Waals surface area contributed by atoms with E-state index in [0.29, 0.717) is 0 Å². The lowest BCUT2D eigenvalue weighted by Crippen LogP contribution is -2.30. The summed E-state index contributed by atoms with van der Waals surface area (Å²) in [6.45, 7) is -0.236. The topological polar surface area (TPSA) is 64.0 Å². The lowest BCUT2D eigenvalue weighted by molar-refractivity contribution is -0.117. The van der Waals surface area contributed by atoms with E-state index in [-0.39, 0.29) is 22.5 Å². The summed E-state index contributed by atoms with van der Waals surface area (Å²) >= 11 is 11.7. The van der Waals surface area contributed by atoms with Gasteiger partial charge in [0.05, 0.1) is 11.2 Å². The average Bonchev–Trinajstić information content (AvgIpc) is 2.71. The van der Waals surface area contributed by atoms with Gasteiger partial charge in [-0.1, -0.05) is 59.6 Å². The minimum Gasteiger partial charge on any atom is -0.324 e. The van der Waals surface area contributed by atoms with Crippen LogP contribution in [0.25, 0.3) is 0 Å². The first-order valence-corrected chi connectivity index (χ1v) is 10.2. The van der Waals surface area contributed by atoms with Gasteiger partial charge in [-0.3, -0.25) is 9.59 Å². The number of nitrogens with one attached hydrogen (secondary N) is 1. The maximum Gasteiger partial charge on any atom is 0.287 e. The number of carbonyl (C=O) groups excluding carboxylic acids is 1. The number of benzene rings is 2. The highest BCUT2D eigenvalue weighted by Gasteiger charge is 2.14. The van der Waals surface area contributed by atoms with Crippen LogP contribution in [0.1, 0.15) is 22.3 Å². The summed E-state index contributed by atoms with van der Waals surface area (Å²) in [4.78, 5) is 24.7. The summed E-state index contributed by atoms with van der Waals surface area (Å²) < 4.78 is 1.01. The van der Waals surface area contributed by atoms with Crippen LogP contribution in [-0.4, -0.2) is 15.7 Å². The molecule has 4 bridgehead atoms. The Labute approximate surface area is 178 Å². The summed E-state index contributed by atoms with van der Waals surface area (Å²) in [5.74, 6) is -0.341. The van der Waals surface area contributed by atoms with E-state index in [9.17, 15) is 9.59 Å². The maximum absolute atomic E-state index is 12.6. The number of hydrogen-bond acceptors (Lipinski definition) is 3. The van der Waals surface area contributed by atoms with Gasteiger partial charge in [-0.2, -0.15) is 5.10 Å². The van der Waals surface area contributed by atoms with Gasteiger partial charge >= 0.3 is 0 Å². The highest BCUT2D eigenvalue weighted by atomic mass is 35.5. The van der Waals surface area contributed by atoms with Crippen LogP contribution in [0, 0.1) is 0 Å². The third-order valence-corrected chi connectivity index (χ3v) is 5.84. The molecule has 1 amide bonds. The second-order valence-electron chi connectivity index (χ2n) is 7.13. The van der Waals surface area contributed by atoms with Crippen molar-refractivity contribution in [2.24, 2.45) is 0 Å². The standard InChI is InChI=1S/C22H19Cl2N3O2/c23-18-12-25-27(22(29)21(18)24)13-20(28)26-19-11-16-6-5-14-1-3-15(4-2-14)7-9-17(19)10-8-16/h1-4,8,10-12H,5-7,9,13H2,(H,26,28). The predicted molar refractivity (Wildman–Crippen MR) is 115 cm³/mol. The van der Waals surface area contributed by atoms with Gasteiger partial charge in [0.1, 0.15) is 11.6 Å². The van der Waals surface area contributed by atoms with Crippen LogP contribution in [0.2, 0.25) is 10.0 Å². The van der Waals surface area contributed by atoms with Crippen LogP contribution in [0.4, 0.5) is 5.69 Å². The fraction of sp³-hybridized carbons (Fsp3) is 0.227. The Morgan fingerprint density at radius 2 is 1.59 bits per heavy atom. The van der Waals surface area contributed by atoms with E-state index in [0.717, 1.165) is 47.2 Å². The van der Waals surface area contributed by atoms with Crippen molar-refractivity contribution in [3.05, 3.63) is 91.3 Å².